The van der Waals surface area contributed by atoms with Gasteiger partial charge in [0.25, 0.3) is 0 Å². The van der Waals surface area contributed by atoms with Crippen molar-refractivity contribution in [3.05, 3.63) is 42.2 Å². The summed E-state index contributed by atoms with van der Waals surface area (Å²) in [5.41, 5.74) is 0. The number of hydrogen-bond acceptors (Lipinski definition) is 4. The molecule has 18 heavy (non-hydrogen) atoms. The molecular weight excluding hydrogens is 226 g/mol. The Hall–Kier alpha value is -2.10. The van der Waals surface area contributed by atoms with Gasteiger partial charge in [-0.2, -0.15) is 4.98 Å². The van der Waals surface area contributed by atoms with Gasteiger partial charge in [0.2, 0.25) is 5.88 Å². The normalized spacial score (nSPS) is 10.1. The number of ether oxygens (including phenoxy) is 1. The van der Waals surface area contributed by atoms with Crippen LogP contribution < -0.4 is 10.1 Å². The second-order valence-electron chi connectivity index (χ2n) is 3.92. The number of nitrogens with one attached hydrogen (secondary N) is 1. The van der Waals surface area contributed by atoms with Crippen LogP contribution in [0.5, 0.6) is 11.6 Å². The molecule has 0 spiro atoms. The summed E-state index contributed by atoms with van der Waals surface area (Å²) in [5.74, 6) is 2.93. The summed E-state index contributed by atoms with van der Waals surface area (Å²) in [6, 6.07) is 11.4. The van der Waals surface area contributed by atoms with E-state index in [1.807, 2.05) is 37.4 Å². The minimum Gasteiger partial charge on any atom is -0.439 e. The summed E-state index contributed by atoms with van der Waals surface area (Å²) in [6.45, 7) is 2.10. The molecule has 4 heteroatoms. The van der Waals surface area contributed by atoms with Gasteiger partial charge in [-0.15, -0.1) is 0 Å². The maximum absolute atomic E-state index is 5.72. The summed E-state index contributed by atoms with van der Waals surface area (Å²) < 4.78 is 5.72. The average Bonchev–Trinajstić information content (AvgIpc) is 2.40. The van der Waals surface area contributed by atoms with Crippen molar-refractivity contribution in [3.8, 4) is 11.6 Å². The van der Waals surface area contributed by atoms with Crippen molar-refractivity contribution in [1.29, 1.82) is 0 Å². The molecule has 1 aromatic heterocycles. The van der Waals surface area contributed by atoms with E-state index in [4.69, 9.17) is 4.74 Å². The van der Waals surface area contributed by atoms with Crippen molar-refractivity contribution < 1.29 is 4.74 Å². The van der Waals surface area contributed by atoms with E-state index in [9.17, 15) is 0 Å². The van der Waals surface area contributed by atoms with Crippen LogP contribution in [0, 0.1) is 0 Å². The van der Waals surface area contributed by atoms with Crippen LogP contribution in [-0.2, 0) is 6.42 Å². The number of para-hydroxylation sites is 1. The topological polar surface area (TPSA) is 47.0 Å². The highest BCUT2D eigenvalue weighted by atomic mass is 16.5. The number of anilines is 1. The molecule has 0 bridgehead atoms. The quantitative estimate of drug-likeness (QED) is 0.875. The summed E-state index contributed by atoms with van der Waals surface area (Å²) in [7, 11) is 1.84. The molecule has 0 fully saturated rings. The Morgan fingerprint density at radius 2 is 1.94 bits per heavy atom. The lowest BCUT2D eigenvalue weighted by molar-refractivity contribution is 0.458. The Bertz CT molecular complexity index is 500. The minimum absolute atomic E-state index is 0.573. The Labute approximate surface area is 107 Å². The molecular formula is C14H17N3O. The lowest BCUT2D eigenvalue weighted by Crippen LogP contribution is -2.01. The molecule has 0 atom stereocenters. The molecule has 1 N–H and O–H groups in total. The first kappa shape index (κ1) is 12.4. The van der Waals surface area contributed by atoms with Crippen LogP contribution >= 0.6 is 0 Å². The van der Waals surface area contributed by atoms with Gasteiger partial charge in [0.15, 0.2) is 0 Å². The van der Waals surface area contributed by atoms with Crippen molar-refractivity contribution in [1.82, 2.24) is 9.97 Å². The monoisotopic (exact) mass is 243 g/mol. The van der Waals surface area contributed by atoms with Gasteiger partial charge in [0.05, 0.1) is 0 Å². The van der Waals surface area contributed by atoms with Crippen molar-refractivity contribution in [2.45, 2.75) is 19.8 Å². The molecule has 2 aromatic rings. The summed E-state index contributed by atoms with van der Waals surface area (Å²) in [6.07, 6.45) is 1.86. The van der Waals surface area contributed by atoms with Crippen LogP contribution in [-0.4, -0.2) is 17.0 Å². The molecule has 4 nitrogen and oxygen atoms in total. The molecule has 0 aliphatic heterocycles. The first-order chi connectivity index (χ1) is 8.81. The fourth-order valence-corrected chi connectivity index (χ4v) is 1.60. The van der Waals surface area contributed by atoms with Crippen LogP contribution in [0.4, 0.5) is 5.82 Å². The number of benzene rings is 1. The molecule has 0 radical (unpaired) electrons. The molecule has 0 aliphatic carbocycles. The second kappa shape index (κ2) is 6.00. The maximum Gasteiger partial charge on any atom is 0.224 e. The predicted molar refractivity (Wildman–Crippen MR) is 72.1 cm³/mol. The zero-order valence-corrected chi connectivity index (χ0v) is 10.7. The Kier molecular flexibility index (Phi) is 4.12. The van der Waals surface area contributed by atoms with Gasteiger partial charge < -0.3 is 10.1 Å². The van der Waals surface area contributed by atoms with Gasteiger partial charge in [0.1, 0.15) is 17.4 Å². The number of nitrogens with zero attached hydrogens (tertiary/aromatic N) is 2. The minimum atomic E-state index is 0.573. The second-order valence-corrected chi connectivity index (χ2v) is 3.92. The van der Waals surface area contributed by atoms with E-state index in [2.05, 4.69) is 22.2 Å². The molecule has 0 unspecified atom stereocenters. The van der Waals surface area contributed by atoms with Crippen LogP contribution in [0.15, 0.2) is 36.4 Å². The van der Waals surface area contributed by atoms with Gasteiger partial charge in [-0.3, -0.25) is 0 Å². The molecule has 0 saturated heterocycles. The van der Waals surface area contributed by atoms with Crippen LogP contribution in [0.3, 0.4) is 0 Å². The first-order valence-electron chi connectivity index (χ1n) is 6.10. The van der Waals surface area contributed by atoms with Gasteiger partial charge >= 0.3 is 0 Å². The first-order valence-corrected chi connectivity index (χ1v) is 6.10. The van der Waals surface area contributed by atoms with Gasteiger partial charge in [-0.25, -0.2) is 4.98 Å². The smallest absolute Gasteiger partial charge is 0.224 e. The van der Waals surface area contributed by atoms with E-state index in [-0.39, 0.29) is 0 Å². The zero-order chi connectivity index (χ0) is 12.8. The van der Waals surface area contributed by atoms with Crippen molar-refractivity contribution in [2.75, 3.05) is 12.4 Å². The Morgan fingerprint density at radius 1 is 1.17 bits per heavy atom. The number of aryl methyl sites for hydroxylation is 1. The number of hydrogen-bond donors (Lipinski definition) is 1. The van der Waals surface area contributed by atoms with Gasteiger partial charge in [-0.1, -0.05) is 25.1 Å². The van der Waals surface area contributed by atoms with Crippen molar-refractivity contribution in [3.63, 3.8) is 0 Å². The molecule has 0 saturated carbocycles. The van der Waals surface area contributed by atoms with Crippen LogP contribution in [0.25, 0.3) is 0 Å². The Morgan fingerprint density at radius 3 is 2.61 bits per heavy atom. The van der Waals surface area contributed by atoms with E-state index >= 15 is 0 Å². The summed E-state index contributed by atoms with van der Waals surface area (Å²) in [4.78, 5) is 8.77. The lowest BCUT2D eigenvalue weighted by atomic mass is 10.3. The predicted octanol–water partition coefficient (Wildman–Crippen LogP) is 3.26. The highest BCUT2D eigenvalue weighted by Gasteiger charge is 2.05. The fraction of sp³-hybridized carbons (Fsp3) is 0.286. The standard InChI is InChI=1S/C14H17N3O/c1-3-7-12-16-13(15-2)10-14(17-12)18-11-8-5-4-6-9-11/h4-6,8-10H,3,7H2,1-2H3,(H,15,16,17). The molecule has 1 aromatic carbocycles. The Balaban J connectivity index is 2.24. The average molecular weight is 243 g/mol. The van der Waals surface area contributed by atoms with Crippen molar-refractivity contribution in [2.24, 2.45) is 0 Å². The fourth-order valence-electron chi connectivity index (χ4n) is 1.60. The molecule has 0 aliphatic rings. The van der Waals surface area contributed by atoms with Gasteiger partial charge in [-0.05, 0) is 18.6 Å². The molecule has 0 amide bonds. The van der Waals surface area contributed by atoms with E-state index in [0.717, 1.165) is 30.2 Å². The van der Waals surface area contributed by atoms with Gasteiger partial charge in [0, 0.05) is 19.5 Å². The lowest BCUT2D eigenvalue weighted by Gasteiger charge is -2.08. The highest BCUT2D eigenvalue weighted by molar-refractivity contribution is 5.39. The summed E-state index contributed by atoms with van der Waals surface area (Å²) >= 11 is 0. The largest absolute Gasteiger partial charge is 0.439 e. The third-order valence-corrected chi connectivity index (χ3v) is 2.44. The molecule has 94 valence electrons. The number of rotatable bonds is 5. The highest BCUT2D eigenvalue weighted by Crippen LogP contribution is 2.21. The van der Waals surface area contributed by atoms with Crippen LogP contribution in [0.1, 0.15) is 19.2 Å². The third-order valence-electron chi connectivity index (χ3n) is 2.44. The van der Waals surface area contributed by atoms with E-state index in [0.29, 0.717) is 5.88 Å². The molecule has 1 heterocycles. The third kappa shape index (κ3) is 3.20. The van der Waals surface area contributed by atoms with Crippen LogP contribution in [0.2, 0.25) is 0 Å². The van der Waals surface area contributed by atoms with Crippen molar-refractivity contribution >= 4 is 5.82 Å². The number of aromatic nitrogens is 2. The zero-order valence-electron chi connectivity index (χ0n) is 10.7. The SMILES string of the molecule is CCCc1nc(NC)cc(Oc2ccccc2)n1. The van der Waals surface area contributed by atoms with E-state index < -0.39 is 0 Å². The summed E-state index contributed by atoms with van der Waals surface area (Å²) in [5, 5.41) is 3.02. The molecule has 2 rings (SSSR count). The maximum atomic E-state index is 5.72. The van der Waals surface area contributed by atoms with E-state index in [1.165, 1.54) is 0 Å². The van der Waals surface area contributed by atoms with E-state index in [1.54, 1.807) is 6.07 Å².